The normalized spacial score (nSPS) is 12.6. The summed E-state index contributed by atoms with van der Waals surface area (Å²) >= 11 is 0. The largest absolute Gasteiger partial charge is 0.480 e. The number of hydrogen-bond acceptors (Lipinski definition) is 10. The Labute approximate surface area is 233 Å². The van der Waals surface area contributed by atoms with Crippen molar-refractivity contribution in [1.82, 2.24) is 20.7 Å². The fourth-order valence-electron chi connectivity index (χ4n) is 3.04. The van der Waals surface area contributed by atoms with Crippen LogP contribution in [0.15, 0.2) is 0 Å². The Hall–Kier alpha value is -3.31. The van der Waals surface area contributed by atoms with Crippen molar-refractivity contribution in [3.8, 4) is 0 Å². The second-order valence-electron chi connectivity index (χ2n) is 8.56. The maximum Gasteiger partial charge on any atom is 0.326 e. The van der Waals surface area contributed by atoms with Gasteiger partial charge in [0, 0.05) is 25.8 Å². The predicted molar refractivity (Wildman–Crippen MR) is 139 cm³/mol. The minimum absolute atomic E-state index is 0.00312. The van der Waals surface area contributed by atoms with Gasteiger partial charge in [0.2, 0.25) is 33.7 Å². The maximum absolute atomic E-state index is 12.0. The highest BCUT2D eigenvalue weighted by atomic mass is 32.2. The zero-order valence-corrected chi connectivity index (χ0v) is 23.5. The third-order valence-electron chi connectivity index (χ3n) is 5.09. The number of carbonyl (C=O) groups is 6. The molecular weight excluding hydrogens is 556 g/mol. The minimum Gasteiger partial charge on any atom is -0.480 e. The summed E-state index contributed by atoms with van der Waals surface area (Å²) in [6.07, 6.45) is 0.233. The lowest BCUT2D eigenvalue weighted by Crippen LogP contribution is -2.44. The van der Waals surface area contributed by atoms with E-state index in [2.05, 4.69) is 16.0 Å². The second-order valence-corrected chi connectivity index (χ2v) is 10.4. The molecule has 0 aromatic rings. The first-order valence-electron chi connectivity index (χ1n) is 12.8. The molecule has 0 rings (SSSR count). The number of amides is 4. The van der Waals surface area contributed by atoms with Crippen molar-refractivity contribution in [2.45, 2.75) is 70.9 Å². The highest BCUT2D eigenvalue weighted by molar-refractivity contribution is 7.90. The average molecular weight is 597 g/mol. The van der Waals surface area contributed by atoms with E-state index in [0.717, 1.165) is 0 Å². The van der Waals surface area contributed by atoms with Crippen molar-refractivity contribution in [2.24, 2.45) is 0 Å². The number of carboxylic acids is 2. The Morgan fingerprint density at radius 2 is 1.35 bits per heavy atom. The monoisotopic (exact) mass is 596 g/mol. The SMILES string of the molecule is CCCC(NC(=O)CCC(NC(=O)COCCOCCNC(=O)CCCS(=O)(=O)NC(=O)CC)C(=O)O)C(=O)O. The van der Waals surface area contributed by atoms with E-state index in [1.54, 1.807) is 6.92 Å². The molecule has 17 heteroatoms. The van der Waals surface area contributed by atoms with E-state index in [0.29, 0.717) is 6.42 Å². The number of nitrogens with one attached hydrogen (secondary N) is 4. The number of ether oxygens (including phenoxy) is 2. The summed E-state index contributed by atoms with van der Waals surface area (Å²) in [6.45, 7) is 3.16. The number of carboxylic acid groups (broad SMARTS) is 2. The van der Waals surface area contributed by atoms with Gasteiger partial charge < -0.3 is 35.6 Å². The number of aliphatic carboxylic acids is 2. The lowest BCUT2D eigenvalue weighted by Gasteiger charge is -2.16. The number of carbonyl (C=O) groups excluding carboxylic acids is 4. The molecular formula is C23H40N4O12S. The summed E-state index contributed by atoms with van der Waals surface area (Å²) in [7, 11) is -3.77. The lowest BCUT2D eigenvalue weighted by atomic mass is 10.1. The Balaban J connectivity index is 4.04. The van der Waals surface area contributed by atoms with E-state index < -0.39 is 58.4 Å². The lowest BCUT2D eigenvalue weighted by molar-refractivity contribution is -0.144. The first kappa shape index (κ1) is 36.7. The number of sulfonamides is 1. The van der Waals surface area contributed by atoms with Gasteiger partial charge in [0.1, 0.15) is 18.7 Å². The summed E-state index contributed by atoms with van der Waals surface area (Å²) in [4.78, 5) is 69.3. The van der Waals surface area contributed by atoms with Crippen LogP contribution in [-0.2, 0) is 48.3 Å². The molecule has 6 N–H and O–H groups in total. The van der Waals surface area contributed by atoms with E-state index in [-0.39, 0.29) is 76.6 Å². The van der Waals surface area contributed by atoms with Crippen molar-refractivity contribution in [3.05, 3.63) is 0 Å². The van der Waals surface area contributed by atoms with Gasteiger partial charge in [-0.2, -0.15) is 0 Å². The van der Waals surface area contributed by atoms with Gasteiger partial charge in [-0.05, 0) is 19.3 Å². The van der Waals surface area contributed by atoms with Crippen LogP contribution in [0.4, 0.5) is 0 Å². The van der Waals surface area contributed by atoms with Crippen LogP contribution in [0.25, 0.3) is 0 Å². The molecule has 0 saturated carbocycles. The minimum atomic E-state index is -3.77. The molecule has 0 aromatic carbocycles. The van der Waals surface area contributed by atoms with E-state index in [4.69, 9.17) is 14.6 Å². The van der Waals surface area contributed by atoms with E-state index >= 15 is 0 Å². The second kappa shape index (κ2) is 20.6. The molecule has 0 bridgehead atoms. The van der Waals surface area contributed by atoms with Gasteiger partial charge in [-0.3, -0.25) is 23.9 Å². The highest BCUT2D eigenvalue weighted by Gasteiger charge is 2.23. The first-order valence-corrected chi connectivity index (χ1v) is 14.5. The zero-order chi connectivity index (χ0) is 30.6. The van der Waals surface area contributed by atoms with Crippen molar-refractivity contribution < 1.29 is 56.9 Å². The van der Waals surface area contributed by atoms with Gasteiger partial charge >= 0.3 is 11.9 Å². The molecule has 4 amide bonds. The Bertz CT molecular complexity index is 958. The Morgan fingerprint density at radius 1 is 0.750 bits per heavy atom. The molecule has 40 heavy (non-hydrogen) atoms. The smallest absolute Gasteiger partial charge is 0.326 e. The van der Waals surface area contributed by atoms with E-state index in [1.807, 2.05) is 4.72 Å². The number of hydrogen-bond donors (Lipinski definition) is 6. The molecule has 16 nitrogen and oxygen atoms in total. The van der Waals surface area contributed by atoms with Gasteiger partial charge in [0.15, 0.2) is 0 Å². The van der Waals surface area contributed by atoms with Crippen molar-refractivity contribution >= 4 is 45.6 Å². The zero-order valence-electron chi connectivity index (χ0n) is 22.7. The van der Waals surface area contributed by atoms with E-state index in [1.165, 1.54) is 6.92 Å². The summed E-state index contributed by atoms with van der Waals surface area (Å²) in [5.74, 6) is -5.29. The fraction of sp³-hybridized carbons (Fsp3) is 0.739. The third-order valence-corrected chi connectivity index (χ3v) is 6.45. The molecule has 0 aliphatic carbocycles. The van der Waals surface area contributed by atoms with Crippen LogP contribution in [0.5, 0.6) is 0 Å². The van der Waals surface area contributed by atoms with Crippen LogP contribution in [0, 0.1) is 0 Å². The fourth-order valence-corrected chi connectivity index (χ4v) is 4.15. The summed E-state index contributed by atoms with van der Waals surface area (Å²) in [5.41, 5.74) is 0. The predicted octanol–water partition coefficient (Wildman–Crippen LogP) is -1.51. The van der Waals surface area contributed by atoms with Crippen LogP contribution in [0.3, 0.4) is 0 Å². The molecule has 0 aliphatic rings. The molecule has 0 spiro atoms. The molecule has 0 radical (unpaired) electrons. The van der Waals surface area contributed by atoms with Crippen LogP contribution >= 0.6 is 0 Å². The maximum atomic E-state index is 12.0. The first-order chi connectivity index (χ1) is 18.8. The van der Waals surface area contributed by atoms with Gasteiger partial charge in [-0.1, -0.05) is 20.3 Å². The van der Waals surface area contributed by atoms with Crippen LogP contribution in [0.2, 0.25) is 0 Å². The molecule has 2 atom stereocenters. The average Bonchev–Trinajstić information content (AvgIpc) is 2.86. The molecule has 0 aliphatic heterocycles. The Morgan fingerprint density at radius 3 is 1.95 bits per heavy atom. The molecule has 0 fully saturated rings. The molecule has 230 valence electrons. The summed E-state index contributed by atoms with van der Waals surface area (Å²) in [5, 5.41) is 25.4. The number of rotatable bonds is 23. The molecule has 2 unspecified atom stereocenters. The van der Waals surface area contributed by atoms with Crippen molar-refractivity contribution in [1.29, 1.82) is 0 Å². The molecule has 0 heterocycles. The topological polar surface area (TPSA) is 244 Å². The summed E-state index contributed by atoms with van der Waals surface area (Å²) in [6, 6.07) is -2.44. The van der Waals surface area contributed by atoms with Gasteiger partial charge in [0.05, 0.1) is 25.6 Å². The standard InChI is InChI=1S/C23H40N4O12S/c1-3-6-16(22(32)33)25-20(30)9-8-17(23(34)35)26-21(31)15-39-13-12-38-11-10-24-19(29)7-5-14-40(36,37)27-18(28)4-2/h16-17H,3-15H2,1-2H3,(H,24,29)(H,25,30)(H,26,31)(H,27,28)(H,32,33)(H,34,35). The van der Waals surface area contributed by atoms with E-state index in [9.17, 15) is 42.3 Å². The van der Waals surface area contributed by atoms with Crippen LogP contribution < -0.4 is 20.7 Å². The van der Waals surface area contributed by atoms with Gasteiger partial charge in [-0.25, -0.2) is 18.0 Å². The summed E-state index contributed by atoms with van der Waals surface area (Å²) < 4.78 is 35.5. The third kappa shape index (κ3) is 18.9. The molecule has 0 aromatic heterocycles. The van der Waals surface area contributed by atoms with Crippen LogP contribution in [0.1, 0.15) is 58.8 Å². The Kier molecular flexibility index (Phi) is 18.9. The van der Waals surface area contributed by atoms with Crippen LogP contribution in [-0.4, -0.2) is 105 Å². The van der Waals surface area contributed by atoms with Gasteiger partial charge in [-0.15, -0.1) is 0 Å². The van der Waals surface area contributed by atoms with Crippen molar-refractivity contribution in [2.75, 3.05) is 38.7 Å². The highest BCUT2D eigenvalue weighted by Crippen LogP contribution is 2.02. The van der Waals surface area contributed by atoms with Crippen molar-refractivity contribution in [3.63, 3.8) is 0 Å². The van der Waals surface area contributed by atoms with Gasteiger partial charge in [0.25, 0.3) is 0 Å². The quantitative estimate of drug-likeness (QED) is 0.0738. The molecule has 0 saturated heterocycles.